The van der Waals surface area contributed by atoms with Crippen LogP contribution in [0.4, 0.5) is 5.69 Å². The molecule has 0 N–H and O–H groups in total. The molecule has 68 valence electrons. The highest BCUT2D eigenvalue weighted by Crippen LogP contribution is 2.31. The lowest BCUT2D eigenvalue weighted by molar-refractivity contribution is 0.565. The smallest absolute Gasteiger partial charge is 0.211 e. The topological polar surface area (TPSA) is 29.4 Å². The van der Waals surface area contributed by atoms with Crippen LogP contribution in [0, 0.1) is 0 Å². The summed E-state index contributed by atoms with van der Waals surface area (Å²) < 4.78 is 0. The zero-order valence-corrected chi connectivity index (χ0v) is 8.47. The van der Waals surface area contributed by atoms with E-state index in [1.807, 2.05) is 24.3 Å². The van der Waals surface area contributed by atoms with Gasteiger partial charge in [-0.2, -0.15) is 4.99 Å². The summed E-state index contributed by atoms with van der Waals surface area (Å²) >= 11 is 1.69. The summed E-state index contributed by atoms with van der Waals surface area (Å²) in [5, 5.41) is 0.489. The lowest BCUT2D eigenvalue weighted by Crippen LogP contribution is -1.85. The molecule has 2 nitrogen and oxygen atoms in total. The van der Waals surface area contributed by atoms with E-state index in [-0.39, 0.29) is 0 Å². The molecule has 0 spiro atoms. The summed E-state index contributed by atoms with van der Waals surface area (Å²) in [4.78, 5) is 14.8. The lowest BCUT2D eigenvalue weighted by Gasteiger charge is -2.05. The predicted molar refractivity (Wildman–Crippen MR) is 55.2 cm³/mol. The van der Waals surface area contributed by atoms with Crippen molar-refractivity contribution >= 4 is 23.5 Å². The molecule has 0 aliphatic carbocycles. The Morgan fingerprint density at radius 3 is 2.69 bits per heavy atom. The lowest BCUT2D eigenvalue weighted by atomic mass is 10.3. The normalized spacial score (nSPS) is 9.77. The Morgan fingerprint density at radius 2 is 2.08 bits per heavy atom. The molecular formula is C10H11NOS. The fourth-order valence-electron chi connectivity index (χ4n) is 0.952. The number of para-hydroxylation sites is 1. The first kappa shape index (κ1) is 10.0. The molecule has 0 amide bonds. The monoisotopic (exact) mass is 193 g/mol. The van der Waals surface area contributed by atoms with Crippen LogP contribution in [0.25, 0.3) is 0 Å². The van der Waals surface area contributed by atoms with E-state index in [2.05, 4.69) is 18.8 Å². The molecule has 0 bridgehead atoms. The van der Waals surface area contributed by atoms with Crippen molar-refractivity contribution in [1.82, 2.24) is 0 Å². The van der Waals surface area contributed by atoms with E-state index in [1.54, 1.807) is 17.8 Å². The van der Waals surface area contributed by atoms with Crippen LogP contribution in [-0.2, 0) is 4.79 Å². The SMILES string of the molecule is CC(C)Sc1ccccc1N=C=O. The molecule has 0 saturated carbocycles. The maximum absolute atomic E-state index is 10.1. The Labute approximate surface area is 82.1 Å². The molecule has 0 aliphatic heterocycles. The van der Waals surface area contributed by atoms with Crippen molar-refractivity contribution in [3.05, 3.63) is 24.3 Å². The van der Waals surface area contributed by atoms with Crippen molar-refractivity contribution in [3.63, 3.8) is 0 Å². The van der Waals surface area contributed by atoms with E-state index >= 15 is 0 Å². The summed E-state index contributed by atoms with van der Waals surface area (Å²) in [6, 6.07) is 7.57. The molecule has 0 radical (unpaired) electrons. The highest BCUT2D eigenvalue weighted by Gasteiger charge is 2.02. The van der Waals surface area contributed by atoms with Gasteiger partial charge in [0.25, 0.3) is 0 Å². The van der Waals surface area contributed by atoms with Crippen molar-refractivity contribution in [3.8, 4) is 0 Å². The zero-order chi connectivity index (χ0) is 9.68. The first-order valence-corrected chi connectivity index (χ1v) is 4.95. The molecule has 0 unspecified atom stereocenters. The fraction of sp³-hybridized carbons (Fsp3) is 0.300. The maximum Gasteiger partial charge on any atom is 0.240 e. The molecule has 0 atom stereocenters. The first-order chi connectivity index (χ1) is 6.24. The Kier molecular flexibility index (Phi) is 3.74. The number of nitrogens with zero attached hydrogens (tertiary/aromatic N) is 1. The van der Waals surface area contributed by atoms with Crippen LogP contribution in [0.1, 0.15) is 13.8 Å². The van der Waals surface area contributed by atoms with Gasteiger partial charge in [-0.05, 0) is 12.1 Å². The standard InChI is InChI=1S/C10H11NOS/c1-8(2)13-10-6-4-3-5-9(10)11-7-12/h3-6,8H,1-2H3. The molecule has 0 heterocycles. The minimum Gasteiger partial charge on any atom is -0.211 e. The van der Waals surface area contributed by atoms with E-state index in [0.29, 0.717) is 10.9 Å². The van der Waals surface area contributed by atoms with Gasteiger partial charge in [-0.3, -0.25) is 0 Å². The third kappa shape index (κ3) is 3.05. The van der Waals surface area contributed by atoms with Gasteiger partial charge in [0.1, 0.15) is 0 Å². The third-order valence-corrected chi connectivity index (χ3v) is 2.46. The van der Waals surface area contributed by atoms with Gasteiger partial charge in [-0.15, -0.1) is 11.8 Å². The number of hydrogen-bond donors (Lipinski definition) is 0. The van der Waals surface area contributed by atoms with Crippen LogP contribution in [0.3, 0.4) is 0 Å². The van der Waals surface area contributed by atoms with Gasteiger partial charge in [0, 0.05) is 10.1 Å². The van der Waals surface area contributed by atoms with Gasteiger partial charge in [-0.25, -0.2) is 4.79 Å². The molecule has 3 heteroatoms. The van der Waals surface area contributed by atoms with Crippen LogP contribution in [0.5, 0.6) is 0 Å². The van der Waals surface area contributed by atoms with Gasteiger partial charge in [-0.1, -0.05) is 26.0 Å². The number of carbonyl (C=O) groups excluding carboxylic acids is 1. The molecule has 1 aromatic rings. The minimum absolute atomic E-state index is 0.489. The maximum atomic E-state index is 10.1. The Morgan fingerprint density at radius 1 is 1.38 bits per heavy atom. The molecule has 1 aromatic carbocycles. The molecule has 0 aliphatic rings. The van der Waals surface area contributed by atoms with Crippen LogP contribution >= 0.6 is 11.8 Å². The van der Waals surface area contributed by atoms with E-state index in [4.69, 9.17) is 0 Å². The number of isocyanates is 1. The highest BCUT2D eigenvalue weighted by atomic mass is 32.2. The molecule has 1 rings (SSSR count). The zero-order valence-electron chi connectivity index (χ0n) is 7.65. The summed E-state index contributed by atoms with van der Waals surface area (Å²) in [6.45, 7) is 4.21. The number of benzene rings is 1. The van der Waals surface area contributed by atoms with Crippen molar-refractivity contribution < 1.29 is 4.79 Å². The van der Waals surface area contributed by atoms with Crippen LogP contribution in [-0.4, -0.2) is 11.3 Å². The third-order valence-electron chi connectivity index (χ3n) is 1.39. The number of aliphatic imine (C=N–C) groups is 1. The number of hydrogen-bond acceptors (Lipinski definition) is 3. The summed E-state index contributed by atoms with van der Waals surface area (Å²) in [5.74, 6) is 0. The number of rotatable bonds is 3. The van der Waals surface area contributed by atoms with E-state index in [1.165, 1.54) is 0 Å². The van der Waals surface area contributed by atoms with Gasteiger partial charge in [0.2, 0.25) is 6.08 Å². The fourth-order valence-corrected chi connectivity index (χ4v) is 1.85. The summed E-state index contributed by atoms with van der Waals surface area (Å²) in [6.07, 6.45) is 1.56. The Hall–Kier alpha value is -1.05. The second-order valence-corrected chi connectivity index (χ2v) is 4.46. The van der Waals surface area contributed by atoms with E-state index in [0.717, 1.165) is 4.90 Å². The number of thioether (sulfide) groups is 1. The average Bonchev–Trinajstić information content (AvgIpc) is 2.08. The second-order valence-electron chi connectivity index (χ2n) is 2.84. The van der Waals surface area contributed by atoms with Crippen molar-refractivity contribution in [2.45, 2.75) is 24.0 Å². The highest BCUT2D eigenvalue weighted by molar-refractivity contribution is 8.00. The molecule has 0 saturated heterocycles. The Bertz CT molecular complexity index is 329. The van der Waals surface area contributed by atoms with E-state index < -0.39 is 0 Å². The van der Waals surface area contributed by atoms with Gasteiger partial charge < -0.3 is 0 Å². The molecule has 0 fully saturated rings. The first-order valence-electron chi connectivity index (χ1n) is 4.07. The average molecular weight is 193 g/mol. The second kappa shape index (κ2) is 4.85. The Balaban J connectivity index is 2.97. The summed E-state index contributed by atoms with van der Waals surface area (Å²) in [7, 11) is 0. The van der Waals surface area contributed by atoms with Gasteiger partial charge in [0.15, 0.2) is 0 Å². The quantitative estimate of drug-likeness (QED) is 0.419. The van der Waals surface area contributed by atoms with Crippen molar-refractivity contribution in [2.75, 3.05) is 0 Å². The van der Waals surface area contributed by atoms with Crippen molar-refractivity contribution in [1.29, 1.82) is 0 Å². The van der Waals surface area contributed by atoms with Crippen molar-refractivity contribution in [2.24, 2.45) is 4.99 Å². The largest absolute Gasteiger partial charge is 0.240 e. The van der Waals surface area contributed by atoms with Gasteiger partial charge in [0.05, 0.1) is 5.69 Å². The van der Waals surface area contributed by atoms with Crippen LogP contribution < -0.4 is 0 Å². The molecule has 13 heavy (non-hydrogen) atoms. The van der Waals surface area contributed by atoms with Crippen LogP contribution in [0.2, 0.25) is 0 Å². The van der Waals surface area contributed by atoms with Crippen LogP contribution in [0.15, 0.2) is 34.2 Å². The predicted octanol–water partition coefficient (Wildman–Crippen LogP) is 3.15. The van der Waals surface area contributed by atoms with Gasteiger partial charge >= 0.3 is 0 Å². The molecule has 0 aromatic heterocycles. The van der Waals surface area contributed by atoms with E-state index in [9.17, 15) is 4.79 Å². The summed E-state index contributed by atoms with van der Waals surface area (Å²) in [5.41, 5.74) is 0.705. The molecular weight excluding hydrogens is 182 g/mol. The minimum atomic E-state index is 0.489.